The third-order valence-electron chi connectivity index (χ3n) is 12.5. The molecule has 2 saturated carbocycles. The predicted molar refractivity (Wildman–Crippen MR) is 192 cm³/mol. The number of nitrogens with one attached hydrogen (secondary N) is 1. The molecule has 1 spiro atoms. The number of hydrogen-bond donors (Lipinski definition) is 1. The van der Waals surface area contributed by atoms with Crippen LogP contribution in [0.4, 0.5) is 11.5 Å². The third kappa shape index (κ3) is 5.12. The smallest absolute Gasteiger partial charge is 0.264 e. The molecule has 1 unspecified atom stereocenters. The Morgan fingerprint density at radius 1 is 0.906 bits per heavy atom. The van der Waals surface area contributed by atoms with Crippen molar-refractivity contribution in [3.05, 3.63) is 71.7 Å². The first kappa shape index (κ1) is 32.0. The van der Waals surface area contributed by atoms with Crippen LogP contribution in [0.3, 0.4) is 0 Å². The molecule has 6 aliphatic rings. The van der Waals surface area contributed by atoms with Crippen molar-refractivity contribution < 1.29 is 19.2 Å². The first-order valence-electron chi connectivity index (χ1n) is 18.5. The summed E-state index contributed by atoms with van der Waals surface area (Å²) in [4.78, 5) is 68.2. The molecule has 10 rings (SSSR count). The van der Waals surface area contributed by atoms with Crippen LogP contribution in [0.1, 0.15) is 64.8 Å². The van der Waals surface area contributed by atoms with Crippen LogP contribution in [0, 0.1) is 22.7 Å². The normalized spacial score (nSPS) is 23.5. The highest BCUT2D eigenvalue weighted by Gasteiger charge is 2.62. The van der Waals surface area contributed by atoms with Gasteiger partial charge in [0, 0.05) is 69.6 Å². The minimum absolute atomic E-state index is 0.0900. The highest BCUT2D eigenvalue weighted by Crippen LogP contribution is 2.68. The molecule has 2 aromatic heterocycles. The monoisotopic (exact) mass is 710 g/mol. The summed E-state index contributed by atoms with van der Waals surface area (Å²) in [5, 5.41) is 18.1. The molecule has 6 heterocycles. The Bertz CT molecular complexity index is 2270. The zero-order valence-corrected chi connectivity index (χ0v) is 29.2. The van der Waals surface area contributed by atoms with Crippen molar-refractivity contribution in [3.63, 3.8) is 0 Å². The third-order valence-corrected chi connectivity index (χ3v) is 12.5. The van der Waals surface area contributed by atoms with Crippen LogP contribution >= 0.6 is 0 Å². The summed E-state index contributed by atoms with van der Waals surface area (Å²) in [5.41, 5.74) is 3.38. The number of carbonyl (C=O) groups is 4. The Morgan fingerprint density at radius 3 is 2.45 bits per heavy atom. The number of benzene rings is 2. The molecule has 14 nitrogen and oxygen atoms in total. The molecule has 2 aliphatic carbocycles. The number of piperidine rings is 1. The maximum absolute atomic E-state index is 13.6. The summed E-state index contributed by atoms with van der Waals surface area (Å²) in [6.45, 7) is 5.76. The lowest BCUT2D eigenvalue weighted by atomic mass is 9.57. The van der Waals surface area contributed by atoms with Crippen molar-refractivity contribution >= 4 is 46.0 Å². The maximum Gasteiger partial charge on any atom is 0.264 e. The van der Waals surface area contributed by atoms with Crippen LogP contribution in [0.5, 0.6) is 0 Å². The van der Waals surface area contributed by atoms with Crippen LogP contribution in [0.25, 0.3) is 16.7 Å². The summed E-state index contributed by atoms with van der Waals surface area (Å²) < 4.78 is 1.86. The Balaban J connectivity index is 0.769. The summed E-state index contributed by atoms with van der Waals surface area (Å²) in [6.07, 6.45) is 8.05. The van der Waals surface area contributed by atoms with Crippen LogP contribution in [0.15, 0.2) is 55.0 Å². The quantitative estimate of drug-likeness (QED) is 0.281. The standard InChI is InChI=1S/C39H38N10O4/c40-22-39(20-38(21-39)8-9-38)26-5-4-25-16-43-49(30(25)14-26)32-15-31(41-23-42-32)47-18-24(19-47)17-45-10-12-46(13-11-45)28-3-1-2-27-34(28)37(53)48(36(27)52)29-6-7-33(50)44-35(29)51/h1-5,14-16,23-24,29H,6-13,17-21H2,(H,44,50,51). The molecular formula is C39H38N10O4. The lowest BCUT2D eigenvalue weighted by molar-refractivity contribution is -0.136. The molecule has 0 bridgehead atoms. The van der Waals surface area contributed by atoms with E-state index in [2.05, 4.69) is 59.4 Å². The van der Waals surface area contributed by atoms with Gasteiger partial charge in [-0.3, -0.25) is 34.3 Å². The van der Waals surface area contributed by atoms with Gasteiger partial charge < -0.3 is 9.80 Å². The second-order valence-corrected chi connectivity index (χ2v) is 15.8. The van der Waals surface area contributed by atoms with Gasteiger partial charge in [-0.2, -0.15) is 10.4 Å². The predicted octanol–water partition coefficient (Wildman–Crippen LogP) is 2.81. The van der Waals surface area contributed by atoms with E-state index in [9.17, 15) is 24.4 Å². The highest BCUT2D eigenvalue weighted by molar-refractivity contribution is 6.25. The zero-order valence-electron chi connectivity index (χ0n) is 29.2. The lowest BCUT2D eigenvalue weighted by Gasteiger charge is -2.44. The van der Waals surface area contributed by atoms with Gasteiger partial charge in [0.15, 0.2) is 5.82 Å². The maximum atomic E-state index is 13.6. The van der Waals surface area contributed by atoms with Gasteiger partial charge in [0.2, 0.25) is 11.8 Å². The molecule has 1 atom stereocenters. The number of aromatic nitrogens is 4. The highest BCUT2D eigenvalue weighted by atomic mass is 16.2. The SMILES string of the molecule is N#CC1(c2ccc3cnn(-c4cc(N5CC(CN6CCN(c7cccc8c7C(=O)N(C7CCC(=O)NC7=O)C8=O)CC6)C5)ncn4)c3c2)CC2(CC2)C1. The number of fused-ring (bicyclic) bond motifs is 2. The molecule has 53 heavy (non-hydrogen) atoms. The van der Waals surface area contributed by atoms with Crippen molar-refractivity contribution in [2.24, 2.45) is 11.3 Å². The van der Waals surface area contributed by atoms with Crippen LogP contribution in [-0.2, 0) is 15.0 Å². The van der Waals surface area contributed by atoms with E-state index in [4.69, 9.17) is 0 Å². The van der Waals surface area contributed by atoms with E-state index in [0.717, 1.165) is 72.7 Å². The number of nitriles is 1. The molecule has 1 N–H and O–H groups in total. The Labute approximate surface area is 305 Å². The van der Waals surface area contributed by atoms with Gasteiger partial charge >= 0.3 is 0 Å². The number of carbonyl (C=O) groups excluding carboxylic acids is 4. The average molecular weight is 711 g/mol. The van der Waals surface area contributed by atoms with Crippen molar-refractivity contribution in [1.29, 1.82) is 5.26 Å². The van der Waals surface area contributed by atoms with Crippen LogP contribution in [0.2, 0.25) is 0 Å². The Kier molecular flexibility index (Phi) is 7.04. The number of imide groups is 2. The van der Waals surface area contributed by atoms with E-state index < -0.39 is 35.1 Å². The van der Waals surface area contributed by atoms with Gasteiger partial charge in [0.05, 0.1) is 40.0 Å². The minimum Gasteiger partial charge on any atom is -0.368 e. The Morgan fingerprint density at radius 2 is 1.70 bits per heavy atom. The van der Waals surface area contributed by atoms with E-state index in [1.54, 1.807) is 18.5 Å². The fourth-order valence-corrected chi connectivity index (χ4v) is 9.40. The van der Waals surface area contributed by atoms with E-state index in [1.807, 2.05) is 23.0 Å². The van der Waals surface area contributed by atoms with Gasteiger partial charge in [-0.1, -0.05) is 18.2 Å². The molecule has 4 aliphatic heterocycles. The molecule has 4 aromatic rings. The topological polar surface area (TPSA) is 161 Å². The fraction of sp³-hybridized carbons (Fsp3) is 0.436. The number of anilines is 2. The molecule has 4 amide bonds. The molecule has 2 aromatic carbocycles. The lowest BCUT2D eigenvalue weighted by Crippen LogP contribution is -2.55. The van der Waals surface area contributed by atoms with E-state index in [0.29, 0.717) is 47.1 Å². The van der Waals surface area contributed by atoms with Crippen LogP contribution in [-0.4, -0.2) is 105 Å². The molecule has 0 radical (unpaired) electrons. The number of piperazine rings is 1. The van der Waals surface area contributed by atoms with Crippen molar-refractivity contribution in [1.82, 2.24) is 34.9 Å². The fourth-order valence-electron chi connectivity index (χ4n) is 9.40. The summed E-state index contributed by atoms with van der Waals surface area (Å²) in [5.74, 6) is 0.0912. The molecule has 14 heteroatoms. The molecule has 268 valence electrons. The van der Waals surface area contributed by atoms with Crippen LogP contribution < -0.4 is 15.1 Å². The molecule has 5 fully saturated rings. The number of rotatable bonds is 7. The summed E-state index contributed by atoms with van der Waals surface area (Å²) in [6, 6.07) is 15.2. The summed E-state index contributed by atoms with van der Waals surface area (Å²) >= 11 is 0. The average Bonchev–Trinajstić information content (AvgIpc) is 3.75. The number of amides is 4. The first-order valence-corrected chi connectivity index (χ1v) is 18.5. The van der Waals surface area contributed by atoms with Gasteiger partial charge in [0.25, 0.3) is 11.8 Å². The second-order valence-electron chi connectivity index (χ2n) is 15.8. The second kappa shape index (κ2) is 11.7. The van der Waals surface area contributed by atoms with E-state index >= 15 is 0 Å². The van der Waals surface area contributed by atoms with Gasteiger partial charge in [-0.15, -0.1) is 0 Å². The van der Waals surface area contributed by atoms with E-state index in [-0.39, 0.29) is 12.8 Å². The number of nitrogens with zero attached hydrogens (tertiary/aromatic N) is 9. The zero-order chi connectivity index (χ0) is 36.1. The minimum atomic E-state index is -0.982. The molecular weight excluding hydrogens is 672 g/mol. The van der Waals surface area contributed by atoms with Crippen molar-refractivity contribution in [3.8, 4) is 11.9 Å². The van der Waals surface area contributed by atoms with Crippen molar-refractivity contribution in [2.45, 2.75) is 50.0 Å². The van der Waals surface area contributed by atoms with Gasteiger partial charge in [-0.05, 0) is 61.3 Å². The summed E-state index contributed by atoms with van der Waals surface area (Å²) in [7, 11) is 0. The van der Waals surface area contributed by atoms with Crippen molar-refractivity contribution in [2.75, 3.05) is 55.6 Å². The molecule has 3 saturated heterocycles. The Hall–Kier alpha value is -5.68. The van der Waals surface area contributed by atoms with Gasteiger partial charge in [0.1, 0.15) is 18.2 Å². The van der Waals surface area contributed by atoms with E-state index in [1.165, 1.54) is 12.8 Å². The van der Waals surface area contributed by atoms with Gasteiger partial charge in [-0.25, -0.2) is 14.6 Å². The number of hydrogen-bond acceptors (Lipinski definition) is 11. The largest absolute Gasteiger partial charge is 0.368 e. The first-order chi connectivity index (χ1) is 25.7.